The number of cyclic esters (lactones) is 1. The Morgan fingerprint density at radius 1 is 0.955 bits per heavy atom. The molecular weight excluding hydrogens is 894 g/mol. The fourth-order valence-corrected chi connectivity index (χ4v) is 12.3. The summed E-state index contributed by atoms with van der Waals surface area (Å²) in [5.41, 5.74) is -4.27. The molecule has 6 N–H and O–H groups in total. The van der Waals surface area contributed by atoms with Gasteiger partial charge in [-0.2, -0.15) is 4.31 Å². The number of carbonyl (C=O) groups excluding carboxylic acids is 1. The smallest absolute Gasteiger partial charge is 0.311 e. The standard InChI is InChI=1S/C48H84ClN3O13S/c1-14-21-50-27-36-33(9)62-39(25-47(36,11)60-13)64-41-30(6)43(46(10,56)24-28(4)26-51-32(8)42(54)48(12,57)38(16-3)63-44(55)31(41)7)65-45-40(53)37(23-29(5)61-45)52(22-15-2)66(58,59)35-19-17-34(49)18-20-35/h17-20,28-33,36-43,45,50-51,53-54,56-57H,14-16,21-27H2,1-13H3/t28-,29-,30+,31-,32-,33+,36?,37?,38-,39+,40-,41+,42-,43-,45+,46-,47-,48-/m1/s1. The van der Waals surface area contributed by atoms with E-state index in [-0.39, 0.29) is 55.1 Å². The van der Waals surface area contributed by atoms with Gasteiger partial charge < -0.3 is 59.5 Å². The van der Waals surface area contributed by atoms with Crippen LogP contribution in [0, 0.1) is 23.7 Å². The van der Waals surface area contributed by atoms with Crippen molar-refractivity contribution in [2.75, 3.05) is 33.3 Å². The molecule has 0 bridgehead atoms. The second-order valence-electron chi connectivity index (χ2n) is 20.2. The van der Waals surface area contributed by atoms with Crippen molar-refractivity contribution in [3.8, 4) is 0 Å². The van der Waals surface area contributed by atoms with Gasteiger partial charge in [-0.15, -0.1) is 0 Å². The number of benzene rings is 1. The number of rotatable bonds is 15. The van der Waals surface area contributed by atoms with Gasteiger partial charge in [0.2, 0.25) is 10.0 Å². The van der Waals surface area contributed by atoms with Crippen molar-refractivity contribution in [2.45, 2.75) is 211 Å². The molecule has 1 aromatic rings. The molecule has 3 aliphatic rings. The molecule has 2 unspecified atom stereocenters. The number of carbonyl (C=O) groups is 1. The molecule has 18 atom stereocenters. The third-order valence-corrected chi connectivity index (χ3v) is 16.6. The van der Waals surface area contributed by atoms with Crippen LogP contribution < -0.4 is 10.6 Å². The number of aliphatic hydroxyl groups is 4. The number of hydrogen-bond acceptors (Lipinski definition) is 15. The maximum atomic E-state index is 14.5. The highest BCUT2D eigenvalue weighted by molar-refractivity contribution is 7.89. The van der Waals surface area contributed by atoms with Gasteiger partial charge in [-0.3, -0.25) is 4.79 Å². The molecule has 3 heterocycles. The normalized spacial score (nSPS) is 41.5. The molecule has 0 aromatic heterocycles. The van der Waals surface area contributed by atoms with Gasteiger partial charge in [0.25, 0.3) is 0 Å². The van der Waals surface area contributed by atoms with Gasteiger partial charge in [0, 0.05) is 49.5 Å². The molecule has 0 radical (unpaired) electrons. The maximum absolute atomic E-state index is 14.5. The first-order chi connectivity index (χ1) is 30.8. The summed E-state index contributed by atoms with van der Waals surface area (Å²) >= 11 is 6.13. The number of aliphatic hydroxyl groups excluding tert-OH is 2. The summed E-state index contributed by atoms with van der Waals surface area (Å²) in [6, 6.07) is 4.24. The van der Waals surface area contributed by atoms with Gasteiger partial charge >= 0.3 is 5.97 Å². The zero-order valence-electron chi connectivity index (χ0n) is 41.7. The van der Waals surface area contributed by atoms with Crippen molar-refractivity contribution >= 4 is 27.6 Å². The van der Waals surface area contributed by atoms with Gasteiger partial charge in [-0.05, 0) is 124 Å². The predicted molar refractivity (Wildman–Crippen MR) is 252 cm³/mol. The first kappa shape index (κ1) is 57.0. The SMILES string of the molecule is CCCNCC1[C@H](C)O[C@@H](O[C@H]2[C@H](C)[C@@H](O[C@@H]3O[C@H](C)CC(N(CCC)S(=O)(=O)c4ccc(Cl)cc4)[C@H]3O)[C@](C)(O)C[C@@H](C)CN[C@H](C)[C@@H](O)[C@](C)(O)[C@@H](CC)OC(=O)[C@@H]2C)C[C@@]1(C)OC. The molecule has 3 saturated heterocycles. The quantitative estimate of drug-likeness (QED) is 0.101. The molecule has 66 heavy (non-hydrogen) atoms. The van der Waals surface area contributed by atoms with E-state index in [1.54, 1.807) is 48.7 Å². The van der Waals surface area contributed by atoms with Crippen molar-refractivity contribution in [1.29, 1.82) is 0 Å². The van der Waals surface area contributed by atoms with Gasteiger partial charge in [-0.25, -0.2) is 8.42 Å². The average Bonchev–Trinajstić information content (AvgIpc) is 3.25. The summed E-state index contributed by atoms with van der Waals surface area (Å²) in [6.45, 7) is 23.5. The second-order valence-corrected chi connectivity index (χ2v) is 22.5. The number of methoxy groups -OCH3 is 1. The summed E-state index contributed by atoms with van der Waals surface area (Å²) in [5, 5.41) is 55.5. The Hall–Kier alpha value is -1.55. The summed E-state index contributed by atoms with van der Waals surface area (Å²) < 4.78 is 68.9. The van der Waals surface area contributed by atoms with Crippen LogP contribution in [0.4, 0.5) is 0 Å². The molecule has 16 nitrogen and oxygen atoms in total. The fourth-order valence-electron chi connectivity index (χ4n) is 10.5. The minimum absolute atomic E-state index is 0.0204. The largest absolute Gasteiger partial charge is 0.459 e. The average molecular weight is 979 g/mol. The number of sulfonamides is 1. The Bertz CT molecular complexity index is 1780. The third-order valence-electron chi connectivity index (χ3n) is 14.4. The fraction of sp³-hybridized carbons (Fsp3) is 0.854. The molecule has 3 aliphatic heterocycles. The topological polar surface area (TPSA) is 215 Å². The summed E-state index contributed by atoms with van der Waals surface area (Å²) in [7, 11) is -2.49. The van der Waals surface area contributed by atoms with Gasteiger partial charge in [0.05, 0.1) is 52.5 Å². The Balaban J connectivity index is 1.83. The monoisotopic (exact) mass is 978 g/mol. The lowest BCUT2D eigenvalue weighted by molar-refractivity contribution is -0.313. The predicted octanol–water partition coefficient (Wildman–Crippen LogP) is 5.01. The van der Waals surface area contributed by atoms with Crippen LogP contribution in [0.2, 0.25) is 5.02 Å². The Labute approximate surface area is 400 Å². The molecule has 0 spiro atoms. The van der Waals surface area contributed by atoms with Crippen molar-refractivity contribution in [3.05, 3.63) is 29.3 Å². The number of ether oxygens (including phenoxy) is 6. The minimum atomic E-state index is -4.15. The highest BCUT2D eigenvalue weighted by atomic mass is 35.5. The number of halogens is 1. The van der Waals surface area contributed by atoms with Crippen molar-refractivity contribution < 1.29 is 62.1 Å². The number of hydrogen-bond donors (Lipinski definition) is 6. The van der Waals surface area contributed by atoms with E-state index in [0.717, 1.165) is 13.0 Å². The van der Waals surface area contributed by atoms with Crippen molar-refractivity contribution in [1.82, 2.24) is 14.9 Å². The zero-order valence-corrected chi connectivity index (χ0v) is 43.3. The number of esters is 1. The first-order valence-electron chi connectivity index (χ1n) is 24.2. The van der Waals surface area contributed by atoms with Crippen molar-refractivity contribution in [3.63, 3.8) is 0 Å². The van der Waals surface area contributed by atoms with Crippen LogP contribution in [0.15, 0.2) is 29.2 Å². The third kappa shape index (κ3) is 13.4. The molecule has 0 saturated carbocycles. The molecule has 18 heteroatoms. The Morgan fingerprint density at radius 3 is 2.20 bits per heavy atom. The van der Waals surface area contributed by atoms with E-state index in [1.807, 2.05) is 27.7 Å². The van der Waals surface area contributed by atoms with Crippen LogP contribution in [0.5, 0.6) is 0 Å². The van der Waals surface area contributed by atoms with Crippen molar-refractivity contribution in [2.24, 2.45) is 23.7 Å². The lowest BCUT2D eigenvalue weighted by Gasteiger charge is -2.50. The molecule has 0 aliphatic carbocycles. The van der Waals surface area contributed by atoms with Gasteiger partial charge in [-0.1, -0.05) is 46.2 Å². The van der Waals surface area contributed by atoms with Crippen LogP contribution in [0.25, 0.3) is 0 Å². The zero-order chi connectivity index (χ0) is 49.5. The van der Waals surface area contributed by atoms with Crippen LogP contribution in [-0.2, 0) is 43.2 Å². The van der Waals surface area contributed by atoms with Gasteiger partial charge in [0.15, 0.2) is 12.6 Å². The Morgan fingerprint density at radius 2 is 1.61 bits per heavy atom. The van der Waals surface area contributed by atoms with E-state index in [9.17, 15) is 33.6 Å². The van der Waals surface area contributed by atoms with Crippen LogP contribution in [-0.4, -0.2) is 157 Å². The molecule has 0 amide bonds. The van der Waals surface area contributed by atoms with Crippen LogP contribution in [0.3, 0.4) is 0 Å². The maximum Gasteiger partial charge on any atom is 0.311 e. The highest BCUT2D eigenvalue weighted by Gasteiger charge is 2.53. The van der Waals surface area contributed by atoms with E-state index >= 15 is 0 Å². The molecule has 382 valence electrons. The highest BCUT2D eigenvalue weighted by Crippen LogP contribution is 2.42. The molecule has 1 aromatic carbocycles. The number of nitrogens with zero attached hydrogens (tertiary/aromatic N) is 1. The lowest BCUT2D eigenvalue weighted by Crippen LogP contribution is -2.61. The lowest BCUT2D eigenvalue weighted by atomic mass is 9.77. The summed E-state index contributed by atoms with van der Waals surface area (Å²) in [6.07, 6.45) is -7.41. The number of nitrogens with one attached hydrogen (secondary N) is 2. The minimum Gasteiger partial charge on any atom is -0.459 e. The summed E-state index contributed by atoms with van der Waals surface area (Å²) in [5.74, 6) is -2.97. The van der Waals surface area contributed by atoms with E-state index < -0.39 is 106 Å². The van der Waals surface area contributed by atoms with Gasteiger partial charge in [0.1, 0.15) is 23.9 Å². The van der Waals surface area contributed by atoms with Crippen LogP contribution in [0.1, 0.15) is 122 Å². The first-order valence-corrected chi connectivity index (χ1v) is 26.0. The van der Waals surface area contributed by atoms with Crippen LogP contribution >= 0.6 is 11.6 Å². The van der Waals surface area contributed by atoms with E-state index in [0.29, 0.717) is 24.5 Å². The molecular formula is C48H84ClN3O13S. The summed E-state index contributed by atoms with van der Waals surface area (Å²) in [4.78, 5) is 14.6. The molecule has 3 fully saturated rings. The Kier molecular flexibility index (Phi) is 20.8. The van der Waals surface area contributed by atoms with E-state index in [2.05, 4.69) is 17.6 Å². The molecule has 4 rings (SSSR count). The second kappa shape index (κ2) is 24.0. The van der Waals surface area contributed by atoms with E-state index in [4.69, 9.17) is 40.0 Å². The van der Waals surface area contributed by atoms with E-state index in [1.165, 1.54) is 35.5 Å².